The molecule has 0 bridgehead atoms. The lowest BCUT2D eigenvalue weighted by Gasteiger charge is -2.49. The van der Waals surface area contributed by atoms with Crippen LogP contribution < -0.4 is 16.4 Å². The molecule has 0 spiro atoms. The number of fused-ring (bicyclic) bond motifs is 1. The number of hydrogen-bond acceptors (Lipinski definition) is 11. The third-order valence-electron chi connectivity index (χ3n) is 7.34. The van der Waals surface area contributed by atoms with E-state index in [1.54, 1.807) is 0 Å². The number of oxime groups is 1. The summed E-state index contributed by atoms with van der Waals surface area (Å²) in [5, 5.41) is 28.1. The zero-order chi connectivity index (χ0) is 29.6. The molecule has 1 aromatic rings. The van der Waals surface area contributed by atoms with Crippen molar-refractivity contribution in [2.75, 3.05) is 37.7 Å². The van der Waals surface area contributed by atoms with Crippen LogP contribution in [0, 0.1) is 11.8 Å². The van der Waals surface area contributed by atoms with Gasteiger partial charge in [-0.15, -0.1) is 23.1 Å². The van der Waals surface area contributed by atoms with E-state index >= 15 is 0 Å². The van der Waals surface area contributed by atoms with E-state index in [9.17, 15) is 42.7 Å². The number of carboxylic acids is 1. The van der Waals surface area contributed by atoms with Crippen LogP contribution in [0.3, 0.4) is 0 Å². The number of allylic oxidation sites excluding steroid dienone is 1. The van der Waals surface area contributed by atoms with Crippen LogP contribution in [-0.4, -0.2) is 104 Å². The Bertz CT molecular complexity index is 1390. The van der Waals surface area contributed by atoms with Gasteiger partial charge in [-0.1, -0.05) is 5.16 Å². The number of aliphatic carboxylic acids is 1. The summed E-state index contributed by atoms with van der Waals surface area (Å²) < 4.78 is 40.0. The molecule has 5 heterocycles. The fourth-order valence-corrected chi connectivity index (χ4v) is 7.20. The smallest absolute Gasteiger partial charge is 0.393 e. The molecule has 1 aromatic heterocycles. The molecule has 220 valence electrons. The highest BCUT2D eigenvalue weighted by Crippen LogP contribution is 2.41. The molecule has 4 aliphatic heterocycles. The molecule has 0 saturated carbocycles. The predicted molar refractivity (Wildman–Crippen MR) is 140 cm³/mol. The topological polar surface area (TPSA) is 191 Å². The van der Waals surface area contributed by atoms with Crippen molar-refractivity contribution in [3.05, 3.63) is 34.0 Å². The van der Waals surface area contributed by atoms with Crippen LogP contribution in [0.25, 0.3) is 0 Å². The number of alkyl halides is 3. The van der Waals surface area contributed by atoms with Gasteiger partial charge in [0.2, 0.25) is 5.91 Å². The number of halogens is 3. The van der Waals surface area contributed by atoms with Crippen LogP contribution in [0.2, 0.25) is 0 Å². The van der Waals surface area contributed by atoms with Crippen molar-refractivity contribution < 1.29 is 42.7 Å². The molecule has 3 fully saturated rings. The molecule has 13 nitrogen and oxygen atoms in total. The fourth-order valence-electron chi connectivity index (χ4n) is 5.35. The molecule has 0 radical (unpaired) electrons. The number of thiazole rings is 1. The van der Waals surface area contributed by atoms with Gasteiger partial charge < -0.3 is 31.6 Å². The summed E-state index contributed by atoms with van der Waals surface area (Å²) in [5.74, 6) is -5.76. The minimum atomic E-state index is -4.38. The second-order valence-corrected chi connectivity index (χ2v) is 11.8. The molecule has 0 unspecified atom stereocenters. The Kier molecular flexibility index (Phi) is 7.73. The van der Waals surface area contributed by atoms with Gasteiger partial charge in [0.25, 0.3) is 11.8 Å². The number of anilines is 1. The molecule has 41 heavy (non-hydrogen) atoms. The van der Waals surface area contributed by atoms with Gasteiger partial charge in [-0.3, -0.25) is 19.3 Å². The maximum atomic E-state index is 13.3. The first-order valence-corrected chi connectivity index (χ1v) is 14.3. The Morgan fingerprint density at radius 2 is 2.07 bits per heavy atom. The normalized spacial score (nSPS) is 27.9. The first kappa shape index (κ1) is 28.9. The van der Waals surface area contributed by atoms with E-state index in [1.807, 2.05) is 0 Å². The minimum Gasteiger partial charge on any atom is -0.477 e. The van der Waals surface area contributed by atoms with E-state index in [2.05, 4.69) is 20.8 Å². The number of likely N-dealkylation sites (tertiary alicyclic amines) is 1. The van der Waals surface area contributed by atoms with E-state index in [0.717, 1.165) is 28.0 Å². The first-order chi connectivity index (χ1) is 19.4. The quantitative estimate of drug-likeness (QED) is 0.0931. The molecule has 3 amide bonds. The van der Waals surface area contributed by atoms with Crippen LogP contribution in [0.15, 0.2) is 33.5 Å². The monoisotopic (exact) mass is 615 g/mol. The summed E-state index contributed by atoms with van der Waals surface area (Å²) in [6, 6.07) is -1.12. The van der Waals surface area contributed by atoms with Crippen molar-refractivity contribution in [3.63, 3.8) is 0 Å². The molecule has 5 rings (SSSR count). The Labute approximate surface area is 238 Å². The summed E-state index contributed by atoms with van der Waals surface area (Å²) in [6.07, 6.45) is -2.77. The lowest BCUT2D eigenvalue weighted by atomic mass is 9.95. The Hall–Kier alpha value is -3.64. The Morgan fingerprint density at radius 1 is 1.32 bits per heavy atom. The predicted octanol–water partition coefficient (Wildman–Crippen LogP) is 0.199. The third kappa shape index (κ3) is 5.38. The van der Waals surface area contributed by atoms with Gasteiger partial charge in [0.05, 0.1) is 5.92 Å². The van der Waals surface area contributed by atoms with Crippen LogP contribution >= 0.6 is 23.1 Å². The largest absolute Gasteiger partial charge is 0.477 e. The number of nitrogen functional groups attached to an aromatic ring is 1. The molecule has 4 atom stereocenters. The molecule has 0 aliphatic carbocycles. The highest BCUT2D eigenvalue weighted by atomic mass is 32.2. The lowest BCUT2D eigenvalue weighted by Crippen LogP contribution is -2.71. The van der Waals surface area contributed by atoms with E-state index in [4.69, 9.17) is 5.73 Å². The summed E-state index contributed by atoms with van der Waals surface area (Å²) in [7, 11) is 0. The van der Waals surface area contributed by atoms with E-state index in [-0.39, 0.29) is 66.0 Å². The molecule has 6 N–H and O–H groups in total. The summed E-state index contributed by atoms with van der Waals surface area (Å²) >= 11 is 2.17. The molecule has 4 aliphatic rings. The zero-order valence-electron chi connectivity index (χ0n) is 21.1. The standard InChI is InChI=1S/C23H24F3N7O6S2/c24-23(25,26)12-5-28-4-11(12)6-32-2-1-9(18(32)35)3-10-7-40-20-15(19(36)33(20)16(10)21(37)38)30-17(34)14(31-39)13-8-41-22(27)29-13/h3,8,11-12,15,20,28,39H,1-2,4-7H2,(H2,27,29)(H,30,34)(H,37,38)/t11-,12+,15-,20-/m1/s1. The van der Waals surface area contributed by atoms with E-state index in [0.29, 0.717) is 0 Å². The number of hydrogen-bond donors (Lipinski definition) is 5. The van der Waals surface area contributed by atoms with Crippen molar-refractivity contribution in [2.24, 2.45) is 17.0 Å². The number of rotatable bonds is 7. The van der Waals surface area contributed by atoms with Crippen LogP contribution in [0.4, 0.5) is 18.3 Å². The van der Waals surface area contributed by atoms with Crippen molar-refractivity contribution in [2.45, 2.75) is 24.0 Å². The number of thioether (sulfide) groups is 1. The molecule has 18 heteroatoms. The zero-order valence-corrected chi connectivity index (χ0v) is 22.7. The lowest BCUT2D eigenvalue weighted by molar-refractivity contribution is -0.180. The molecule has 3 saturated heterocycles. The number of carbonyl (C=O) groups is 4. The van der Waals surface area contributed by atoms with Crippen LogP contribution in [-0.2, 0) is 19.2 Å². The highest BCUT2D eigenvalue weighted by molar-refractivity contribution is 8.00. The van der Waals surface area contributed by atoms with E-state index < -0.39 is 58.8 Å². The number of nitrogens with one attached hydrogen (secondary N) is 2. The summed E-state index contributed by atoms with van der Waals surface area (Å²) in [4.78, 5) is 57.1. The van der Waals surface area contributed by atoms with Gasteiger partial charge in [-0.25, -0.2) is 9.78 Å². The average molecular weight is 616 g/mol. The Morgan fingerprint density at radius 3 is 2.71 bits per heavy atom. The minimum absolute atomic E-state index is 0.000790. The van der Waals surface area contributed by atoms with Gasteiger partial charge in [0.1, 0.15) is 22.8 Å². The third-order valence-corrected chi connectivity index (χ3v) is 9.32. The molecular formula is C23H24F3N7O6S2. The number of nitrogens with two attached hydrogens (primary N) is 1. The second kappa shape index (κ2) is 11.0. The maximum absolute atomic E-state index is 13.3. The van der Waals surface area contributed by atoms with E-state index in [1.165, 1.54) is 16.4 Å². The number of nitrogens with zero attached hydrogens (tertiary/aromatic N) is 4. The molecular weight excluding hydrogens is 591 g/mol. The highest BCUT2D eigenvalue weighted by Gasteiger charge is 2.54. The van der Waals surface area contributed by atoms with Gasteiger partial charge in [-0.05, 0) is 18.1 Å². The van der Waals surface area contributed by atoms with Gasteiger partial charge in [0, 0.05) is 48.8 Å². The van der Waals surface area contributed by atoms with Crippen molar-refractivity contribution in [3.8, 4) is 0 Å². The number of amides is 3. The summed E-state index contributed by atoms with van der Waals surface area (Å²) in [6.45, 7) is 0.0592. The van der Waals surface area contributed by atoms with Crippen molar-refractivity contribution in [1.82, 2.24) is 25.4 Å². The number of carbonyl (C=O) groups excluding carboxylic acids is 3. The first-order valence-electron chi connectivity index (χ1n) is 12.3. The molecule has 0 aromatic carbocycles. The Balaban J connectivity index is 1.29. The summed E-state index contributed by atoms with van der Waals surface area (Å²) in [5.41, 5.74) is 5.19. The number of aromatic nitrogens is 1. The van der Waals surface area contributed by atoms with Gasteiger partial charge in [-0.2, -0.15) is 13.2 Å². The average Bonchev–Trinajstić information content (AvgIpc) is 3.64. The number of β-lactam (4-membered cyclic amide) rings is 1. The SMILES string of the molecule is Nc1nc(C(=NO)C(=O)N[C@@H]2C(=O)N3C(C(=O)O)=C(C=C4CCN(C[C@H]5CNC[C@@H]5C(F)(F)F)C4=O)CS[C@H]23)cs1. The van der Waals surface area contributed by atoms with Crippen LogP contribution in [0.5, 0.6) is 0 Å². The number of carboxylic acid groups (broad SMARTS) is 1. The van der Waals surface area contributed by atoms with Gasteiger partial charge in [0.15, 0.2) is 10.8 Å². The van der Waals surface area contributed by atoms with Gasteiger partial charge >= 0.3 is 12.1 Å². The maximum Gasteiger partial charge on any atom is 0.393 e. The second-order valence-electron chi connectivity index (χ2n) is 9.80. The van der Waals surface area contributed by atoms with Crippen LogP contribution in [0.1, 0.15) is 12.1 Å². The van der Waals surface area contributed by atoms with Crippen molar-refractivity contribution >= 4 is 57.6 Å². The van der Waals surface area contributed by atoms with Crippen molar-refractivity contribution in [1.29, 1.82) is 0 Å². The fraction of sp³-hybridized carbons (Fsp3) is 0.478.